The molecule has 2 N–H and O–H groups in total. The monoisotopic (exact) mass is 329 g/mol. The maximum absolute atomic E-state index is 12.2. The van der Waals surface area contributed by atoms with Gasteiger partial charge in [0.1, 0.15) is 6.04 Å². The van der Waals surface area contributed by atoms with Gasteiger partial charge in [-0.1, -0.05) is 0 Å². The van der Waals surface area contributed by atoms with Crippen LogP contribution in [-0.4, -0.2) is 22.8 Å². The summed E-state index contributed by atoms with van der Waals surface area (Å²) in [7, 11) is 0. The first kappa shape index (κ1) is 15.2. The highest BCUT2D eigenvalue weighted by molar-refractivity contribution is 7.18. The summed E-state index contributed by atoms with van der Waals surface area (Å²) in [5, 5.41) is 6.35. The van der Waals surface area contributed by atoms with Gasteiger partial charge in [-0.3, -0.25) is 9.59 Å². The van der Waals surface area contributed by atoms with Crippen molar-refractivity contribution in [2.75, 3.05) is 5.32 Å². The van der Waals surface area contributed by atoms with E-state index < -0.39 is 11.9 Å². The van der Waals surface area contributed by atoms with Gasteiger partial charge in [-0.15, -0.1) is 11.3 Å². The predicted octanol–water partition coefficient (Wildman–Crippen LogP) is 2.95. The number of thiazole rings is 1. The summed E-state index contributed by atoms with van der Waals surface area (Å²) in [5.41, 5.74) is 1.58. The Bertz CT molecular complexity index is 855. The number of nitrogens with one attached hydrogen (secondary N) is 2. The van der Waals surface area contributed by atoms with Crippen molar-refractivity contribution in [3.8, 4) is 0 Å². The maximum atomic E-state index is 12.2. The van der Waals surface area contributed by atoms with E-state index in [4.69, 9.17) is 4.42 Å². The number of hydrogen-bond acceptors (Lipinski definition) is 5. The summed E-state index contributed by atoms with van der Waals surface area (Å²) < 4.78 is 6.00. The molecule has 7 heteroatoms. The van der Waals surface area contributed by atoms with Gasteiger partial charge >= 0.3 is 0 Å². The SMILES string of the molecule is Cc1nc2ccc(NC(=O)[C@@H](C)NC(=O)c3ccco3)cc2s1. The molecule has 0 spiro atoms. The van der Waals surface area contributed by atoms with Gasteiger partial charge in [-0.05, 0) is 44.2 Å². The lowest BCUT2D eigenvalue weighted by molar-refractivity contribution is -0.117. The van der Waals surface area contributed by atoms with E-state index >= 15 is 0 Å². The average molecular weight is 329 g/mol. The zero-order chi connectivity index (χ0) is 16.4. The Balaban J connectivity index is 1.66. The van der Waals surface area contributed by atoms with Crippen LogP contribution in [0.5, 0.6) is 0 Å². The Morgan fingerprint density at radius 3 is 2.87 bits per heavy atom. The number of rotatable bonds is 4. The number of benzene rings is 1. The fourth-order valence-electron chi connectivity index (χ4n) is 2.11. The van der Waals surface area contributed by atoms with Crippen LogP contribution in [0.3, 0.4) is 0 Å². The van der Waals surface area contributed by atoms with Crippen LogP contribution in [0.1, 0.15) is 22.5 Å². The number of aryl methyl sites for hydroxylation is 1. The molecule has 0 aliphatic carbocycles. The van der Waals surface area contributed by atoms with Gasteiger partial charge in [0.15, 0.2) is 5.76 Å². The second-order valence-electron chi connectivity index (χ2n) is 5.08. The van der Waals surface area contributed by atoms with Gasteiger partial charge in [0.05, 0.1) is 21.5 Å². The minimum Gasteiger partial charge on any atom is -0.459 e. The van der Waals surface area contributed by atoms with Gasteiger partial charge in [-0.25, -0.2) is 4.98 Å². The van der Waals surface area contributed by atoms with Crippen molar-refractivity contribution in [1.82, 2.24) is 10.3 Å². The third kappa shape index (κ3) is 3.40. The largest absolute Gasteiger partial charge is 0.459 e. The molecule has 0 saturated carbocycles. The molecule has 0 bridgehead atoms. The Morgan fingerprint density at radius 1 is 1.30 bits per heavy atom. The number of carbonyl (C=O) groups is 2. The van der Waals surface area contributed by atoms with Gasteiger partial charge in [0.2, 0.25) is 5.91 Å². The Hall–Kier alpha value is -2.67. The van der Waals surface area contributed by atoms with Crippen LogP contribution in [0.4, 0.5) is 5.69 Å². The Kier molecular flexibility index (Phi) is 4.12. The maximum Gasteiger partial charge on any atom is 0.287 e. The first-order valence-corrected chi connectivity index (χ1v) is 7.87. The van der Waals surface area contributed by atoms with E-state index in [1.807, 2.05) is 19.1 Å². The van der Waals surface area contributed by atoms with Crippen molar-refractivity contribution in [3.05, 3.63) is 47.4 Å². The topological polar surface area (TPSA) is 84.2 Å². The number of anilines is 1. The molecule has 0 aliphatic rings. The smallest absolute Gasteiger partial charge is 0.287 e. The normalized spacial score (nSPS) is 12.1. The lowest BCUT2D eigenvalue weighted by Crippen LogP contribution is -2.41. The molecule has 1 atom stereocenters. The predicted molar refractivity (Wildman–Crippen MR) is 88.6 cm³/mol. The summed E-state index contributed by atoms with van der Waals surface area (Å²) >= 11 is 1.57. The highest BCUT2D eigenvalue weighted by atomic mass is 32.1. The lowest BCUT2D eigenvalue weighted by atomic mass is 10.2. The van der Waals surface area contributed by atoms with Crippen molar-refractivity contribution in [3.63, 3.8) is 0 Å². The van der Waals surface area contributed by atoms with Crippen LogP contribution in [0, 0.1) is 6.92 Å². The standard InChI is InChI=1S/C16H15N3O3S/c1-9(17-16(21)13-4-3-7-22-13)15(20)19-11-5-6-12-14(8-11)23-10(2)18-12/h3-9H,1-2H3,(H,17,21)(H,19,20)/t9-/m1/s1. The van der Waals surface area contributed by atoms with Crippen LogP contribution < -0.4 is 10.6 Å². The van der Waals surface area contributed by atoms with Crippen LogP contribution >= 0.6 is 11.3 Å². The quantitative estimate of drug-likeness (QED) is 0.771. The molecule has 2 aromatic heterocycles. The van der Waals surface area contributed by atoms with E-state index in [0.717, 1.165) is 15.2 Å². The number of fused-ring (bicyclic) bond motifs is 1. The van der Waals surface area contributed by atoms with Gasteiger partial charge in [0, 0.05) is 5.69 Å². The third-order valence-corrected chi connectivity index (χ3v) is 4.18. The summed E-state index contributed by atoms with van der Waals surface area (Å²) in [6.45, 7) is 3.56. The molecule has 0 saturated heterocycles. The molecule has 118 valence electrons. The van der Waals surface area contributed by atoms with Gasteiger partial charge < -0.3 is 15.1 Å². The third-order valence-electron chi connectivity index (χ3n) is 3.25. The molecule has 0 aliphatic heterocycles. The number of hydrogen-bond donors (Lipinski definition) is 2. The van der Waals surface area contributed by atoms with Crippen LogP contribution in [0.15, 0.2) is 41.0 Å². The minimum atomic E-state index is -0.688. The molecule has 23 heavy (non-hydrogen) atoms. The van der Waals surface area contributed by atoms with E-state index in [-0.39, 0.29) is 11.7 Å². The first-order valence-electron chi connectivity index (χ1n) is 7.05. The zero-order valence-electron chi connectivity index (χ0n) is 12.6. The van der Waals surface area contributed by atoms with E-state index in [2.05, 4.69) is 15.6 Å². The number of aromatic nitrogens is 1. The van der Waals surface area contributed by atoms with Gasteiger partial charge in [-0.2, -0.15) is 0 Å². The Morgan fingerprint density at radius 2 is 2.13 bits per heavy atom. The fourth-order valence-corrected chi connectivity index (χ4v) is 2.98. The van der Waals surface area contributed by atoms with Crippen molar-refractivity contribution in [2.45, 2.75) is 19.9 Å². The molecule has 2 amide bonds. The van der Waals surface area contributed by atoms with E-state index in [1.54, 1.807) is 36.5 Å². The number of carbonyl (C=O) groups excluding carboxylic acids is 2. The molecular formula is C16H15N3O3S. The molecule has 0 unspecified atom stereocenters. The van der Waals surface area contributed by atoms with E-state index in [9.17, 15) is 9.59 Å². The van der Waals surface area contributed by atoms with E-state index in [0.29, 0.717) is 5.69 Å². The molecule has 3 rings (SSSR count). The second-order valence-corrected chi connectivity index (χ2v) is 6.31. The lowest BCUT2D eigenvalue weighted by Gasteiger charge is -2.13. The van der Waals surface area contributed by atoms with Crippen molar-refractivity contribution >= 4 is 39.1 Å². The molecule has 6 nitrogen and oxygen atoms in total. The second kappa shape index (κ2) is 6.21. The zero-order valence-corrected chi connectivity index (χ0v) is 13.4. The number of nitrogens with zero attached hydrogens (tertiary/aromatic N) is 1. The molecule has 0 radical (unpaired) electrons. The molecule has 2 heterocycles. The van der Waals surface area contributed by atoms with Crippen LogP contribution in [0.25, 0.3) is 10.2 Å². The summed E-state index contributed by atoms with van der Waals surface area (Å²) in [4.78, 5) is 28.4. The Labute approximate surface area is 136 Å². The average Bonchev–Trinajstić information content (AvgIpc) is 3.14. The highest BCUT2D eigenvalue weighted by Crippen LogP contribution is 2.24. The fraction of sp³-hybridized carbons (Fsp3) is 0.188. The minimum absolute atomic E-state index is 0.172. The summed E-state index contributed by atoms with van der Waals surface area (Å²) in [6, 6.07) is 8.00. The van der Waals surface area contributed by atoms with Crippen molar-refractivity contribution < 1.29 is 14.0 Å². The number of amides is 2. The van der Waals surface area contributed by atoms with E-state index in [1.165, 1.54) is 6.26 Å². The molecule has 3 aromatic rings. The molecule has 0 fully saturated rings. The molecule has 1 aromatic carbocycles. The number of furan rings is 1. The van der Waals surface area contributed by atoms with Crippen molar-refractivity contribution in [1.29, 1.82) is 0 Å². The highest BCUT2D eigenvalue weighted by Gasteiger charge is 2.18. The summed E-state index contributed by atoms with van der Waals surface area (Å²) in [6.07, 6.45) is 1.41. The van der Waals surface area contributed by atoms with Crippen LogP contribution in [0.2, 0.25) is 0 Å². The van der Waals surface area contributed by atoms with Crippen LogP contribution in [-0.2, 0) is 4.79 Å². The van der Waals surface area contributed by atoms with Crippen molar-refractivity contribution in [2.24, 2.45) is 0 Å². The van der Waals surface area contributed by atoms with Gasteiger partial charge in [0.25, 0.3) is 5.91 Å². The summed E-state index contributed by atoms with van der Waals surface area (Å²) in [5.74, 6) is -0.553. The first-order chi connectivity index (χ1) is 11.0. The molecular weight excluding hydrogens is 314 g/mol.